The lowest BCUT2D eigenvalue weighted by atomic mass is 9.86. The van der Waals surface area contributed by atoms with E-state index in [-0.39, 0.29) is 18.5 Å². The van der Waals surface area contributed by atoms with E-state index in [2.05, 4.69) is 10.4 Å². The van der Waals surface area contributed by atoms with Gasteiger partial charge < -0.3 is 10.4 Å². The maximum absolute atomic E-state index is 13.8. The molecule has 11 heteroatoms. The molecule has 0 atom stereocenters. The molecule has 0 bridgehead atoms. The van der Waals surface area contributed by atoms with Crippen molar-refractivity contribution < 1.29 is 36.2 Å². The van der Waals surface area contributed by atoms with E-state index < -0.39 is 46.4 Å². The Hall–Kier alpha value is -3.24. The third-order valence-corrected chi connectivity index (χ3v) is 5.97. The van der Waals surface area contributed by atoms with Crippen LogP contribution in [0.25, 0.3) is 10.9 Å². The van der Waals surface area contributed by atoms with Gasteiger partial charge in [0, 0.05) is 18.1 Å². The van der Waals surface area contributed by atoms with Crippen LogP contribution in [0.5, 0.6) is 5.75 Å². The number of amides is 1. The van der Waals surface area contributed by atoms with Crippen molar-refractivity contribution in [2.45, 2.75) is 37.9 Å². The summed E-state index contributed by atoms with van der Waals surface area (Å²) in [5.74, 6) is -7.34. The standard InChI is InChI=1S/C22H19F6N3O2/c23-16-8-15(18(24)19(25)20(16)32)21(33)29-9-11-1-4-14(5-2-11)31-10-12-7-13(22(26,27)28)3-6-17(12)30-31/h3,6-8,10-11,14,32H,1-2,4-5,9H2,(H,29,33). The molecule has 2 aromatic carbocycles. The highest BCUT2D eigenvalue weighted by atomic mass is 19.4. The fraction of sp³-hybridized carbons (Fsp3) is 0.364. The first-order valence-electron chi connectivity index (χ1n) is 10.3. The van der Waals surface area contributed by atoms with Gasteiger partial charge in [-0.15, -0.1) is 0 Å². The quantitative estimate of drug-likeness (QED) is 0.399. The normalized spacial score (nSPS) is 19.1. The molecule has 1 aliphatic rings. The number of benzene rings is 2. The average Bonchev–Trinajstić information content (AvgIpc) is 3.21. The lowest BCUT2D eigenvalue weighted by molar-refractivity contribution is -0.137. The van der Waals surface area contributed by atoms with Crippen LogP contribution in [0.3, 0.4) is 0 Å². The van der Waals surface area contributed by atoms with Gasteiger partial charge in [0.2, 0.25) is 5.82 Å². The molecule has 1 aromatic heterocycles. The SMILES string of the molecule is O=C(NCC1CCC(n2cc3cc(C(F)(F)F)ccc3n2)CC1)c1cc(F)c(O)c(F)c1F. The number of phenolic OH excluding ortho intramolecular Hbond substituents is 1. The van der Waals surface area contributed by atoms with E-state index in [0.717, 1.165) is 12.1 Å². The highest BCUT2D eigenvalue weighted by Gasteiger charge is 2.31. The number of hydrogen-bond donors (Lipinski definition) is 2. The molecule has 1 amide bonds. The Morgan fingerprint density at radius 2 is 1.79 bits per heavy atom. The number of phenols is 1. The largest absolute Gasteiger partial charge is 0.503 e. The molecule has 1 heterocycles. The number of nitrogens with one attached hydrogen (secondary N) is 1. The first-order valence-corrected chi connectivity index (χ1v) is 10.3. The van der Waals surface area contributed by atoms with Crippen LogP contribution >= 0.6 is 0 Å². The molecule has 4 rings (SSSR count). The molecule has 176 valence electrons. The number of fused-ring (bicyclic) bond motifs is 1. The summed E-state index contributed by atoms with van der Waals surface area (Å²) in [6.07, 6.45) is -0.187. The number of aromatic nitrogens is 2. The van der Waals surface area contributed by atoms with E-state index in [1.54, 1.807) is 10.9 Å². The van der Waals surface area contributed by atoms with Gasteiger partial charge in [0.1, 0.15) is 0 Å². The van der Waals surface area contributed by atoms with Crippen molar-refractivity contribution >= 4 is 16.8 Å². The van der Waals surface area contributed by atoms with Gasteiger partial charge in [0.25, 0.3) is 5.91 Å². The number of carbonyl (C=O) groups excluding carboxylic acids is 1. The van der Waals surface area contributed by atoms with Crippen LogP contribution in [0, 0.1) is 23.4 Å². The lowest BCUT2D eigenvalue weighted by Crippen LogP contribution is -2.32. The van der Waals surface area contributed by atoms with Gasteiger partial charge in [0.15, 0.2) is 17.4 Å². The first-order chi connectivity index (χ1) is 15.5. The third kappa shape index (κ3) is 4.62. The summed E-state index contributed by atoms with van der Waals surface area (Å²) >= 11 is 0. The Bertz CT molecular complexity index is 1200. The molecule has 1 saturated carbocycles. The van der Waals surface area contributed by atoms with Crippen LogP contribution in [0.2, 0.25) is 0 Å². The summed E-state index contributed by atoms with van der Waals surface area (Å²) in [6, 6.07) is 3.81. The van der Waals surface area contributed by atoms with E-state index in [4.69, 9.17) is 5.11 Å². The molecule has 0 saturated heterocycles. The number of rotatable bonds is 4. The molecule has 1 aliphatic carbocycles. The minimum atomic E-state index is -4.43. The van der Waals surface area contributed by atoms with Crippen LogP contribution in [-0.2, 0) is 6.18 Å². The maximum Gasteiger partial charge on any atom is 0.416 e. The molecule has 5 nitrogen and oxygen atoms in total. The number of carbonyl (C=O) groups is 1. The fourth-order valence-corrected chi connectivity index (χ4v) is 4.10. The summed E-state index contributed by atoms with van der Waals surface area (Å²) < 4.78 is 81.1. The molecular formula is C22H19F6N3O2. The Labute approximate surface area is 184 Å². The van der Waals surface area contributed by atoms with Gasteiger partial charge in [-0.1, -0.05) is 0 Å². The van der Waals surface area contributed by atoms with Gasteiger partial charge in [-0.25, -0.2) is 8.78 Å². The number of aromatic hydroxyl groups is 1. The lowest BCUT2D eigenvalue weighted by Gasteiger charge is -2.28. The molecule has 0 radical (unpaired) electrons. The summed E-state index contributed by atoms with van der Waals surface area (Å²) in [6.45, 7) is 0.158. The Balaban J connectivity index is 1.35. The summed E-state index contributed by atoms with van der Waals surface area (Å²) in [5.41, 5.74) is -1.11. The predicted molar refractivity (Wildman–Crippen MR) is 106 cm³/mol. The molecular weight excluding hydrogens is 452 g/mol. The zero-order chi connectivity index (χ0) is 23.9. The van der Waals surface area contributed by atoms with Crippen LogP contribution in [0.1, 0.15) is 47.6 Å². The molecule has 1 fully saturated rings. The highest BCUT2D eigenvalue weighted by molar-refractivity contribution is 5.94. The fourth-order valence-electron chi connectivity index (χ4n) is 4.10. The zero-order valence-corrected chi connectivity index (χ0v) is 17.1. The van der Waals surface area contributed by atoms with Gasteiger partial charge in [-0.2, -0.15) is 22.7 Å². The Kier molecular flexibility index (Phi) is 5.98. The molecule has 33 heavy (non-hydrogen) atoms. The average molecular weight is 471 g/mol. The second kappa shape index (κ2) is 8.60. The monoisotopic (exact) mass is 471 g/mol. The van der Waals surface area contributed by atoms with Gasteiger partial charge >= 0.3 is 6.18 Å². The van der Waals surface area contributed by atoms with Crippen molar-refractivity contribution in [3.63, 3.8) is 0 Å². The third-order valence-electron chi connectivity index (χ3n) is 5.97. The topological polar surface area (TPSA) is 67.2 Å². The van der Waals surface area contributed by atoms with Crippen molar-refractivity contribution in [2.75, 3.05) is 6.54 Å². The summed E-state index contributed by atoms with van der Waals surface area (Å²) in [7, 11) is 0. The Morgan fingerprint density at radius 3 is 2.45 bits per heavy atom. The van der Waals surface area contributed by atoms with Crippen molar-refractivity contribution in [3.05, 3.63) is 59.0 Å². The molecule has 0 spiro atoms. The number of nitrogens with zero attached hydrogens (tertiary/aromatic N) is 2. The van der Waals surface area contributed by atoms with Crippen LogP contribution in [-0.4, -0.2) is 27.3 Å². The highest BCUT2D eigenvalue weighted by Crippen LogP contribution is 2.34. The van der Waals surface area contributed by atoms with Crippen molar-refractivity contribution in [1.82, 2.24) is 15.1 Å². The molecule has 2 N–H and O–H groups in total. The van der Waals surface area contributed by atoms with Gasteiger partial charge in [-0.3, -0.25) is 9.48 Å². The van der Waals surface area contributed by atoms with Crippen molar-refractivity contribution in [1.29, 1.82) is 0 Å². The second-order valence-electron chi connectivity index (χ2n) is 8.15. The Morgan fingerprint density at radius 1 is 1.09 bits per heavy atom. The van der Waals surface area contributed by atoms with Crippen molar-refractivity contribution in [3.8, 4) is 5.75 Å². The maximum atomic E-state index is 13.8. The summed E-state index contributed by atoms with van der Waals surface area (Å²) in [5, 5.41) is 16.3. The van der Waals surface area contributed by atoms with Gasteiger partial charge in [-0.05, 0) is 55.9 Å². The van der Waals surface area contributed by atoms with E-state index in [9.17, 15) is 31.1 Å². The second-order valence-corrected chi connectivity index (χ2v) is 8.15. The predicted octanol–water partition coefficient (Wildman–Crippen LogP) is 5.34. The molecule has 0 unspecified atom stereocenters. The zero-order valence-electron chi connectivity index (χ0n) is 17.1. The first kappa shape index (κ1) is 22.9. The van der Waals surface area contributed by atoms with Crippen LogP contribution in [0.4, 0.5) is 26.3 Å². The van der Waals surface area contributed by atoms with Crippen LogP contribution in [0.15, 0.2) is 30.5 Å². The molecule has 0 aliphatic heterocycles. The number of alkyl halides is 3. The number of hydrogen-bond acceptors (Lipinski definition) is 3. The smallest absolute Gasteiger partial charge is 0.416 e. The van der Waals surface area contributed by atoms with E-state index in [0.29, 0.717) is 42.7 Å². The van der Waals surface area contributed by atoms with Crippen LogP contribution < -0.4 is 5.32 Å². The summed E-state index contributed by atoms with van der Waals surface area (Å²) in [4.78, 5) is 12.1. The van der Waals surface area contributed by atoms with E-state index in [1.807, 2.05) is 0 Å². The molecule has 3 aromatic rings. The van der Waals surface area contributed by atoms with Crippen molar-refractivity contribution in [2.24, 2.45) is 5.92 Å². The minimum Gasteiger partial charge on any atom is -0.503 e. The number of halogens is 6. The minimum absolute atomic E-state index is 0.0172. The van der Waals surface area contributed by atoms with E-state index in [1.165, 1.54) is 6.07 Å². The van der Waals surface area contributed by atoms with E-state index >= 15 is 0 Å². The van der Waals surface area contributed by atoms with Gasteiger partial charge in [0.05, 0.1) is 22.7 Å².